The molecule has 148 valence electrons. The highest BCUT2D eigenvalue weighted by Crippen LogP contribution is 2.53. The van der Waals surface area contributed by atoms with E-state index in [-0.39, 0.29) is 23.8 Å². The van der Waals surface area contributed by atoms with Gasteiger partial charge in [0.15, 0.2) is 0 Å². The number of methoxy groups -OCH3 is 1. The highest BCUT2D eigenvalue weighted by molar-refractivity contribution is 5.70. The van der Waals surface area contributed by atoms with Gasteiger partial charge in [-0.2, -0.15) is 0 Å². The first-order chi connectivity index (χ1) is 12.6. The van der Waals surface area contributed by atoms with E-state index in [0.717, 1.165) is 30.6 Å². The second-order valence-corrected chi connectivity index (χ2v) is 8.70. The molecule has 3 rings (SSSR count). The monoisotopic (exact) mass is 375 g/mol. The summed E-state index contributed by atoms with van der Waals surface area (Å²) in [5, 5.41) is 9.32. The molecule has 1 aliphatic heterocycles. The maximum Gasteiger partial charge on any atom is 0.410 e. The van der Waals surface area contributed by atoms with Gasteiger partial charge in [0.05, 0.1) is 13.5 Å². The molecule has 1 aromatic rings. The van der Waals surface area contributed by atoms with E-state index in [4.69, 9.17) is 9.47 Å². The third-order valence-electron chi connectivity index (χ3n) is 5.70. The van der Waals surface area contributed by atoms with Crippen molar-refractivity contribution in [3.8, 4) is 5.75 Å². The lowest BCUT2D eigenvalue weighted by Gasteiger charge is -2.40. The Bertz CT molecular complexity index is 729. The van der Waals surface area contributed by atoms with Crippen molar-refractivity contribution >= 4 is 12.1 Å². The normalized spacial score (nSPS) is 21.0. The number of amides is 1. The van der Waals surface area contributed by atoms with Crippen LogP contribution in [0.3, 0.4) is 0 Å². The third kappa shape index (κ3) is 4.04. The lowest BCUT2D eigenvalue weighted by Crippen LogP contribution is -2.46. The number of likely N-dealkylation sites (tertiary alicyclic amines) is 1. The van der Waals surface area contributed by atoms with Crippen LogP contribution in [0.1, 0.15) is 63.5 Å². The Morgan fingerprint density at radius 3 is 2.48 bits per heavy atom. The molecule has 1 aromatic carbocycles. The van der Waals surface area contributed by atoms with E-state index in [2.05, 4.69) is 6.07 Å². The summed E-state index contributed by atoms with van der Waals surface area (Å²) in [5.74, 6) is 0.0279. The number of nitrogens with zero attached hydrogens (tertiary/aromatic N) is 1. The van der Waals surface area contributed by atoms with Crippen LogP contribution in [-0.4, -0.2) is 47.9 Å². The van der Waals surface area contributed by atoms with E-state index < -0.39 is 11.6 Å². The summed E-state index contributed by atoms with van der Waals surface area (Å²) in [6.45, 7) is 6.84. The first-order valence-electron chi connectivity index (χ1n) is 9.52. The van der Waals surface area contributed by atoms with Crippen LogP contribution in [0.25, 0.3) is 0 Å². The number of piperidine rings is 1. The summed E-state index contributed by atoms with van der Waals surface area (Å²) in [7, 11) is 1.64. The van der Waals surface area contributed by atoms with Crippen molar-refractivity contribution in [3.05, 3.63) is 29.3 Å². The first-order valence-corrected chi connectivity index (χ1v) is 9.52. The van der Waals surface area contributed by atoms with E-state index in [1.54, 1.807) is 12.0 Å². The summed E-state index contributed by atoms with van der Waals surface area (Å²) < 4.78 is 10.9. The number of ether oxygens (including phenoxy) is 2. The molecule has 0 radical (unpaired) electrons. The zero-order chi connectivity index (χ0) is 19.8. The largest absolute Gasteiger partial charge is 0.497 e. The van der Waals surface area contributed by atoms with Gasteiger partial charge in [0.2, 0.25) is 0 Å². The van der Waals surface area contributed by atoms with Gasteiger partial charge < -0.3 is 19.5 Å². The molecular weight excluding hydrogens is 346 g/mol. The average molecular weight is 375 g/mol. The molecule has 0 bridgehead atoms. The molecule has 1 heterocycles. The van der Waals surface area contributed by atoms with Crippen LogP contribution in [0.15, 0.2) is 18.2 Å². The quantitative estimate of drug-likeness (QED) is 0.866. The first kappa shape index (κ1) is 19.5. The Balaban J connectivity index is 1.81. The van der Waals surface area contributed by atoms with Gasteiger partial charge in [-0.25, -0.2) is 4.79 Å². The molecule has 0 aromatic heterocycles. The molecule has 1 N–H and O–H groups in total. The topological polar surface area (TPSA) is 76.1 Å². The van der Waals surface area contributed by atoms with Gasteiger partial charge in [-0.15, -0.1) is 0 Å². The van der Waals surface area contributed by atoms with Crippen molar-refractivity contribution in [1.82, 2.24) is 4.90 Å². The van der Waals surface area contributed by atoms with Gasteiger partial charge in [-0.1, -0.05) is 6.07 Å². The standard InChI is InChI=1S/C21H29NO5/c1-20(2,3)27-19(25)22-9-7-21(8-10-22)13-14(11-18(23)24)16-6-5-15(26-4)12-17(16)21/h5-6,12,14H,7-11,13H2,1-4H3,(H,23,24)/t14-/m0/s1. The fourth-order valence-corrected chi connectivity index (χ4v) is 4.48. The van der Waals surface area contributed by atoms with Crippen LogP contribution >= 0.6 is 0 Å². The number of carbonyl (C=O) groups excluding carboxylic acids is 1. The highest BCUT2D eigenvalue weighted by Gasteiger charge is 2.47. The van der Waals surface area contributed by atoms with Gasteiger partial charge in [0.25, 0.3) is 0 Å². The molecule has 1 aliphatic carbocycles. The molecule has 27 heavy (non-hydrogen) atoms. The van der Waals surface area contributed by atoms with Gasteiger partial charge in [0, 0.05) is 13.1 Å². The van der Waals surface area contributed by atoms with Gasteiger partial charge >= 0.3 is 12.1 Å². The Labute approximate surface area is 160 Å². The molecule has 0 saturated carbocycles. The molecule has 0 unspecified atom stereocenters. The fourth-order valence-electron chi connectivity index (χ4n) is 4.48. The second-order valence-electron chi connectivity index (χ2n) is 8.70. The van der Waals surface area contributed by atoms with E-state index in [0.29, 0.717) is 13.1 Å². The molecule has 1 fully saturated rings. The number of benzene rings is 1. The van der Waals surface area contributed by atoms with E-state index >= 15 is 0 Å². The summed E-state index contributed by atoms with van der Waals surface area (Å²) in [4.78, 5) is 25.5. The summed E-state index contributed by atoms with van der Waals surface area (Å²) in [6, 6.07) is 5.97. The number of carbonyl (C=O) groups is 2. The highest BCUT2D eigenvalue weighted by atomic mass is 16.6. The minimum atomic E-state index is -0.773. The van der Waals surface area contributed by atoms with Crippen LogP contribution in [0.2, 0.25) is 0 Å². The van der Waals surface area contributed by atoms with Crippen LogP contribution in [0.4, 0.5) is 4.79 Å². The summed E-state index contributed by atoms with van der Waals surface area (Å²) >= 11 is 0. The lowest BCUT2D eigenvalue weighted by molar-refractivity contribution is -0.137. The van der Waals surface area contributed by atoms with E-state index in [1.165, 1.54) is 5.56 Å². The van der Waals surface area contributed by atoms with Crippen molar-refractivity contribution in [2.45, 2.75) is 63.4 Å². The van der Waals surface area contributed by atoms with Crippen LogP contribution in [0, 0.1) is 0 Å². The molecule has 1 saturated heterocycles. The minimum Gasteiger partial charge on any atom is -0.497 e. The zero-order valence-electron chi connectivity index (χ0n) is 16.6. The summed E-state index contributed by atoms with van der Waals surface area (Å²) in [5.41, 5.74) is 1.70. The Kier molecular flexibility index (Phi) is 5.10. The number of fused-ring (bicyclic) bond motifs is 2. The van der Waals surface area contributed by atoms with E-state index in [1.807, 2.05) is 32.9 Å². The maximum absolute atomic E-state index is 12.4. The van der Waals surface area contributed by atoms with E-state index in [9.17, 15) is 14.7 Å². The Morgan fingerprint density at radius 2 is 1.93 bits per heavy atom. The molecule has 1 atom stereocenters. The fraction of sp³-hybridized carbons (Fsp3) is 0.619. The SMILES string of the molecule is COc1ccc2c(c1)C1(CCN(C(=O)OC(C)(C)C)CC1)C[C@@H]2CC(=O)O. The number of hydrogen-bond donors (Lipinski definition) is 1. The average Bonchev–Trinajstić information content (AvgIpc) is 2.86. The molecule has 2 aliphatic rings. The molecule has 1 spiro atoms. The van der Waals surface area contributed by atoms with Gasteiger partial charge in [-0.3, -0.25) is 4.79 Å². The van der Waals surface area contributed by atoms with Crippen LogP contribution in [0.5, 0.6) is 5.75 Å². The predicted molar refractivity (Wildman–Crippen MR) is 101 cm³/mol. The number of carboxylic acids is 1. The van der Waals surface area contributed by atoms with Gasteiger partial charge in [-0.05, 0) is 74.6 Å². The molecule has 6 heteroatoms. The minimum absolute atomic E-state index is 0.0106. The van der Waals surface area contributed by atoms with Crippen molar-refractivity contribution in [1.29, 1.82) is 0 Å². The molecule has 6 nitrogen and oxygen atoms in total. The molecular formula is C21H29NO5. The number of carboxylic acid groups (broad SMARTS) is 1. The van der Waals surface area contributed by atoms with Crippen molar-refractivity contribution in [3.63, 3.8) is 0 Å². The second kappa shape index (κ2) is 7.06. The zero-order valence-corrected chi connectivity index (χ0v) is 16.6. The maximum atomic E-state index is 12.4. The van der Waals surface area contributed by atoms with Gasteiger partial charge in [0.1, 0.15) is 11.4 Å². The summed E-state index contributed by atoms with van der Waals surface area (Å²) in [6.07, 6.45) is 2.29. The number of rotatable bonds is 3. The lowest BCUT2D eigenvalue weighted by atomic mass is 9.73. The Hall–Kier alpha value is -2.24. The number of aliphatic carboxylic acids is 1. The smallest absolute Gasteiger partial charge is 0.410 e. The predicted octanol–water partition coefficient (Wildman–Crippen LogP) is 3.93. The van der Waals surface area contributed by atoms with Crippen LogP contribution < -0.4 is 4.74 Å². The van der Waals surface area contributed by atoms with Crippen molar-refractivity contribution in [2.75, 3.05) is 20.2 Å². The van der Waals surface area contributed by atoms with Crippen molar-refractivity contribution in [2.24, 2.45) is 0 Å². The molecule has 1 amide bonds. The van der Waals surface area contributed by atoms with Crippen LogP contribution in [-0.2, 0) is 14.9 Å². The third-order valence-corrected chi connectivity index (χ3v) is 5.70. The number of hydrogen-bond acceptors (Lipinski definition) is 4. The van der Waals surface area contributed by atoms with Crippen molar-refractivity contribution < 1.29 is 24.2 Å². The Morgan fingerprint density at radius 1 is 1.26 bits per heavy atom.